The molecule has 1 fully saturated rings. The smallest absolute Gasteiger partial charge is 0.410 e. The van der Waals surface area contributed by atoms with Crippen molar-refractivity contribution in [3.63, 3.8) is 0 Å². The minimum absolute atomic E-state index is 0.200. The topological polar surface area (TPSA) is 71.1 Å². The predicted octanol–water partition coefficient (Wildman–Crippen LogP) is 2.54. The Morgan fingerprint density at radius 1 is 1.60 bits per heavy atom. The molecule has 1 amide bonds. The molecule has 1 unspecified atom stereocenters. The maximum atomic E-state index is 12.1. The number of nitrogens with one attached hydrogen (secondary N) is 1. The summed E-state index contributed by atoms with van der Waals surface area (Å²) in [5, 5.41) is 11.3. The molecule has 6 nitrogen and oxygen atoms in total. The van der Waals surface area contributed by atoms with Crippen LogP contribution in [0.25, 0.3) is 0 Å². The Hall–Kier alpha value is -1.24. The number of nitrogens with zero attached hydrogens (tertiary/aromatic N) is 3. The Morgan fingerprint density at radius 3 is 3.05 bits per heavy atom. The van der Waals surface area contributed by atoms with Gasteiger partial charge >= 0.3 is 6.09 Å². The highest BCUT2D eigenvalue weighted by Gasteiger charge is 2.27. The van der Waals surface area contributed by atoms with Gasteiger partial charge in [-0.2, -0.15) is 10.3 Å². The first kappa shape index (κ1) is 15.2. The summed E-state index contributed by atoms with van der Waals surface area (Å²) in [4.78, 5) is 13.9. The van der Waals surface area contributed by atoms with E-state index in [-0.39, 0.29) is 6.09 Å². The lowest BCUT2D eigenvalue weighted by Gasteiger charge is -2.33. The first-order valence-electron chi connectivity index (χ1n) is 6.90. The molecule has 112 valence electrons. The molecule has 7 heteroatoms. The second-order valence-electron chi connectivity index (χ2n) is 6.05. The number of H-pyrrole nitrogens is 1. The van der Waals surface area contributed by atoms with Crippen molar-refractivity contribution >= 4 is 17.9 Å². The lowest BCUT2D eigenvalue weighted by molar-refractivity contribution is 0.0177. The Labute approximate surface area is 123 Å². The fourth-order valence-electron chi connectivity index (χ4n) is 2.16. The van der Waals surface area contributed by atoms with E-state index in [2.05, 4.69) is 15.4 Å². The van der Waals surface area contributed by atoms with E-state index in [1.54, 1.807) is 18.0 Å². The van der Waals surface area contributed by atoms with E-state index in [4.69, 9.17) is 4.74 Å². The van der Waals surface area contributed by atoms with Crippen LogP contribution in [0.5, 0.6) is 0 Å². The van der Waals surface area contributed by atoms with Gasteiger partial charge in [0.1, 0.15) is 10.6 Å². The number of carbonyl (C=O) groups is 1. The molecule has 1 aromatic rings. The third kappa shape index (κ3) is 4.70. The van der Waals surface area contributed by atoms with Gasteiger partial charge in [-0.25, -0.2) is 4.79 Å². The van der Waals surface area contributed by atoms with Crippen LogP contribution in [0.2, 0.25) is 0 Å². The molecular formula is C13H22N4O2S. The van der Waals surface area contributed by atoms with Crippen molar-refractivity contribution in [1.29, 1.82) is 0 Å². The fourth-order valence-corrected chi connectivity index (χ4v) is 3.07. The summed E-state index contributed by atoms with van der Waals surface area (Å²) in [6.07, 6.45) is 3.70. The molecular weight excluding hydrogens is 276 g/mol. The molecule has 0 saturated carbocycles. The molecule has 1 atom stereocenters. The highest BCUT2D eigenvalue weighted by molar-refractivity contribution is 7.99. The normalized spacial score (nSPS) is 19.9. The van der Waals surface area contributed by atoms with E-state index >= 15 is 0 Å². The summed E-state index contributed by atoms with van der Waals surface area (Å²) in [6.45, 7) is 7.24. The molecule has 0 aromatic carbocycles. The Morgan fingerprint density at radius 2 is 2.40 bits per heavy atom. The van der Waals surface area contributed by atoms with Crippen molar-refractivity contribution in [2.45, 2.75) is 44.2 Å². The monoisotopic (exact) mass is 298 g/mol. The number of amides is 1. The summed E-state index contributed by atoms with van der Waals surface area (Å²) >= 11 is 1.68. The van der Waals surface area contributed by atoms with E-state index in [1.165, 1.54) is 0 Å². The van der Waals surface area contributed by atoms with Gasteiger partial charge in [0.2, 0.25) is 0 Å². The third-order valence-corrected chi connectivity index (χ3v) is 4.16. The zero-order valence-electron chi connectivity index (χ0n) is 12.3. The summed E-state index contributed by atoms with van der Waals surface area (Å²) in [6, 6.07) is 0. The maximum absolute atomic E-state index is 12.1. The van der Waals surface area contributed by atoms with Crippen molar-refractivity contribution in [1.82, 2.24) is 20.3 Å². The molecule has 20 heavy (non-hydrogen) atoms. The molecule has 1 N–H and O–H groups in total. The molecule has 0 spiro atoms. The molecule has 0 aliphatic carbocycles. The summed E-state index contributed by atoms with van der Waals surface area (Å²) in [7, 11) is 0. The highest BCUT2D eigenvalue weighted by Crippen LogP contribution is 2.25. The quantitative estimate of drug-likeness (QED) is 0.868. The van der Waals surface area contributed by atoms with E-state index in [9.17, 15) is 4.79 Å². The van der Waals surface area contributed by atoms with Gasteiger partial charge in [0, 0.05) is 18.8 Å². The lowest BCUT2D eigenvalue weighted by Crippen LogP contribution is -2.43. The third-order valence-electron chi connectivity index (χ3n) is 3.03. The van der Waals surface area contributed by atoms with Crippen LogP contribution >= 0.6 is 11.8 Å². The summed E-state index contributed by atoms with van der Waals surface area (Å²) < 4.78 is 5.43. The molecule has 1 aromatic heterocycles. The lowest BCUT2D eigenvalue weighted by atomic mass is 10.0. The highest BCUT2D eigenvalue weighted by atomic mass is 32.2. The first-order valence-corrected chi connectivity index (χ1v) is 7.89. The molecule has 0 bridgehead atoms. The summed E-state index contributed by atoms with van der Waals surface area (Å²) in [5.41, 5.74) is -0.431. The second-order valence-corrected chi connectivity index (χ2v) is 7.09. The van der Waals surface area contributed by atoms with E-state index in [1.807, 2.05) is 25.7 Å². The number of aromatic amines is 1. The molecule has 1 aliphatic heterocycles. The first-order chi connectivity index (χ1) is 9.44. The largest absolute Gasteiger partial charge is 0.444 e. The average molecular weight is 298 g/mol. The number of piperidine rings is 1. The zero-order valence-corrected chi connectivity index (χ0v) is 13.1. The number of hydrogen-bond acceptors (Lipinski definition) is 5. The van der Waals surface area contributed by atoms with Crippen molar-refractivity contribution in [2.75, 3.05) is 18.8 Å². The Balaban J connectivity index is 1.80. The van der Waals surface area contributed by atoms with Gasteiger partial charge in [-0.1, -0.05) is 0 Å². The molecule has 2 rings (SSSR count). The van der Waals surface area contributed by atoms with Crippen molar-refractivity contribution in [3.8, 4) is 0 Å². The van der Waals surface area contributed by atoms with Crippen LogP contribution in [0, 0.1) is 5.92 Å². The minimum atomic E-state index is -0.431. The van der Waals surface area contributed by atoms with Crippen molar-refractivity contribution < 1.29 is 9.53 Å². The van der Waals surface area contributed by atoms with Crippen LogP contribution < -0.4 is 0 Å². The number of thioether (sulfide) groups is 1. The van der Waals surface area contributed by atoms with Crippen LogP contribution in [-0.2, 0) is 4.74 Å². The standard InChI is InChI=1S/C13H22N4O2S/c1-13(2,3)19-12(18)17-6-4-5-10(8-17)9-20-11-7-14-16-15-11/h7,10H,4-6,8-9H2,1-3H3,(H,14,15,16). The SMILES string of the molecule is CC(C)(C)OC(=O)N1CCCC(CSc2cn[nH]n2)C1. The van der Waals surface area contributed by atoms with Crippen molar-refractivity contribution in [3.05, 3.63) is 6.20 Å². The van der Waals surface area contributed by atoms with Gasteiger partial charge in [0.25, 0.3) is 0 Å². The predicted molar refractivity (Wildman–Crippen MR) is 77.6 cm³/mol. The number of hydrogen-bond donors (Lipinski definition) is 1. The minimum Gasteiger partial charge on any atom is -0.444 e. The zero-order chi connectivity index (χ0) is 14.6. The molecule has 1 aliphatic rings. The summed E-state index contributed by atoms with van der Waals surface area (Å²) in [5.74, 6) is 1.43. The van der Waals surface area contributed by atoms with Gasteiger partial charge in [-0.05, 0) is 39.5 Å². The van der Waals surface area contributed by atoms with E-state index < -0.39 is 5.60 Å². The number of likely N-dealkylation sites (tertiary alicyclic amines) is 1. The van der Waals surface area contributed by atoms with Crippen LogP contribution in [0.1, 0.15) is 33.6 Å². The van der Waals surface area contributed by atoms with Crippen LogP contribution in [-0.4, -0.2) is 50.8 Å². The van der Waals surface area contributed by atoms with Gasteiger partial charge in [0.15, 0.2) is 0 Å². The van der Waals surface area contributed by atoms with Gasteiger partial charge < -0.3 is 9.64 Å². The van der Waals surface area contributed by atoms with Crippen molar-refractivity contribution in [2.24, 2.45) is 5.92 Å². The number of aromatic nitrogens is 3. The van der Waals surface area contributed by atoms with Gasteiger partial charge in [-0.15, -0.1) is 16.9 Å². The van der Waals surface area contributed by atoms with Crippen LogP contribution in [0.3, 0.4) is 0 Å². The van der Waals surface area contributed by atoms with Crippen LogP contribution in [0.4, 0.5) is 4.79 Å². The number of ether oxygens (including phenoxy) is 1. The average Bonchev–Trinajstić information content (AvgIpc) is 2.88. The Bertz CT molecular complexity index is 430. The fraction of sp³-hybridized carbons (Fsp3) is 0.769. The van der Waals surface area contributed by atoms with E-state index in [0.717, 1.165) is 36.7 Å². The number of rotatable bonds is 3. The second kappa shape index (κ2) is 6.47. The van der Waals surface area contributed by atoms with E-state index in [0.29, 0.717) is 5.92 Å². The molecule has 0 radical (unpaired) electrons. The number of carbonyl (C=O) groups excluding carboxylic acids is 1. The van der Waals surface area contributed by atoms with Gasteiger partial charge in [0.05, 0.1) is 6.20 Å². The Kier molecular flexibility index (Phi) is 4.91. The van der Waals surface area contributed by atoms with Gasteiger partial charge in [-0.3, -0.25) is 0 Å². The maximum Gasteiger partial charge on any atom is 0.410 e. The molecule has 2 heterocycles. The van der Waals surface area contributed by atoms with Crippen LogP contribution in [0.15, 0.2) is 11.2 Å². The molecule has 1 saturated heterocycles.